The van der Waals surface area contributed by atoms with Crippen LogP contribution < -0.4 is 4.74 Å². The summed E-state index contributed by atoms with van der Waals surface area (Å²) >= 11 is 3.32. The molecule has 2 aliphatic rings. The van der Waals surface area contributed by atoms with E-state index in [1.807, 2.05) is 18.2 Å². The second kappa shape index (κ2) is 5.53. The summed E-state index contributed by atoms with van der Waals surface area (Å²) in [6.07, 6.45) is 1.24. The van der Waals surface area contributed by atoms with Crippen molar-refractivity contribution < 1.29 is 8.92 Å². The lowest BCUT2D eigenvalue weighted by Crippen LogP contribution is -1.80. The molecule has 14 heavy (non-hydrogen) atoms. The molecule has 0 radical (unpaired) electrons. The Bertz CT molecular complexity index is 257. The molecule has 2 aliphatic heterocycles. The van der Waals surface area contributed by atoms with Crippen molar-refractivity contribution >= 4 is 23.8 Å². The van der Waals surface area contributed by atoms with Gasteiger partial charge in [-0.2, -0.15) is 0 Å². The van der Waals surface area contributed by atoms with Crippen LogP contribution in [0.1, 0.15) is 6.42 Å². The SMILES string of the molecule is C1COSC1.c1ccc2c(c1)OCS2. The van der Waals surface area contributed by atoms with Crippen molar-refractivity contribution in [1.82, 2.24) is 0 Å². The van der Waals surface area contributed by atoms with E-state index < -0.39 is 0 Å². The molecule has 0 N–H and O–H groups in total. The van der Waals surface area contributed by atoms with Crippen LogP contribution in [0.15, 0.2) is 29.2 Å². The molecule has 1 aromatic carbocycles. The molecule has 0 spiro atoms. The van der Waals surface area contributed by atoms with Crippen LogP contribution >= 0.6 is 23.8 Å². The van der Waals surface area contributed by atoms with Crippen LogP contribution in [-0.2, 0) is 4.18 Å². The van der Waals surface area contributed by atoms with Gasteiger partial charge in [0.2, 0.25) is 0 Å². The molecule has 2 heterocycles. The minimum Gasteiger partial charge on any atom is -0.481 e. The predicted molar refractivity (Wildman–Crippen MR) is 60.8 cm³/mol. The van der Waals surface area contributed by atoms with E-state index in [1.54, 1.807) is 23.8 Å². The van der Waals surface area contributed by atoms with Crippen molar-refractivity contribution in [2.24, 2.45) is 0 Å². The first-order valence-corrected chi connectivity index (χ1v) is 6.45. The highest BCUT2D eigenvalue weighted by atomic mass is 32.2. The average Bonchev–Trinajstić information content (AvgIpc) is 2.92. The Kier molecular flexibility index (Phi) is 4.03. The third-order valence-corrected chi connectivity index (χ3v) is 3.49. The first kappa shape index (κ1) is 10.2. The number of para-hydroxylation sites is 1. The molecular weight excluding hydrogens is 216 g/mol. The van der Waals surface area contributed by atoms with Gasteiger partial charge in [0.1, 0.15) is 11.7 Å². The van der Waals surface area contributed by atoms with E-state index in [4.69, 9.17) is 8.92 Å². The van der Waals surface area contributed by atoms with Crippen LogP contribution in [0.3, 0.4) is 0 Å². The lowest BCUT2D eigenvalue weighted by Gasteiger charge is -1.92. The number of fused-ring (bicyclic) bond motifs is 1. The highest BCUT2D eigenvalue weighted by molar-refractivity contribution is 7.99. The van der Waals surface area contributed by atoms with Crippen molar-refractivity contribution in [3.8, 4) is 5.75 Å². The van der Waals surface area contributed by atoms with Gasteiger partial charge in [0.15, 0.2) is 0 Å². The highest BCUT2D eigenvalue weighted by Gasteiger charge is 2.09. The third kappa shape index (κ3) is 2.83. The fourth-order valence-electron chi connectivity index (χ4n) is 1.14. The number of benzene rings is 1. The maximum atomic E-state index is 5.26. The maximum absolute atomic E-state index is 5.26. The number of ether oxygens (including phenoxy) is 1. The number of hydrogen-bond acceptors (Lipinski definition) is 4. The van der Waals surface area contributed by atoms with Crippen LogP contribution in [0, 0.1) is 0 Å². The highest BCUT2D eigenvalue weighted by Crippen LogP contribution is 2.34. The Labute approximate surface area is 92.6 Å². The van der Waals surface area contributed by atoms with Crippen LogP contribution in [-0.4, -0.2) is 18.3 Å². The van der Waals surface area contributed by atoms with Crippen LogP contribution in [0.4, 0.5) is 0 Å². The molecule has 0 bridgehead atoms. The second-order valence-corrected chi connectivity index (χ2v) is 4.69. The third-order valence-electron chi connectivity index (χ3n) is 1.82. The van der Waals surface area contributed by atoms with E-state index in [0.717, 1.165) is 18.3 Å². The van der Waals surface area contributed by atoms with Gasteiger partial charge in [-0.1, -0.05) is 23.9 Å². The molecule has 3 rings (SSSR count). The first-order chi connectivity index (χ1) is 6.97. The van der Waals surface area contributed by atoms with E-state index in [-0.39, 0.29) is 0 Å². The predicted octanol–water partition coefficient (Wildman–Crippen LogP) is 3.18. The number of hydrogen-bond donors (Lipinski definition) is 0. The molecule has 0 saturated carbocycles. The monoisotopic (exact) mass is 228 g/mol. The Morgan fingerprint density at radius 1 is 1.21 bits per heavy atom. The summed E-state index contributed by atoms with van der Waals surface area (Å²) in [6.45, 7) is 0.963. The van der Waals surface area contributed by atoms with Crippen molar-refractivity contribution in [3.63, 3.8) is 0 Å². The average molecular weight is 228 g/mol. The van der Waals surface area contributed by atoms with Crippen molar-refractivity contribution in [2.45, 2.75) is 11.3 Å². The first-order valence-electron chi connectivity index (χ1n) is 4.56. The van der Waals surface area contributed by atoms with Crippen LogP contribution in [0.25, 0.3) is 0 Å². The summed E-state index contributed by atoms with van der Waals surface area (Å²) in [5.41, 5.74) is 0. The standard InChI is InChI=1S/C7H6OS.C3H6OS/c1-2-4-7-6(3-1)8-5-9-7;1-2-4-5-3-1/h1-4H,5H2;1-3H2. The zero-order valence-electron chi connectivity index (χ0n) is 7.77. The van der Waals surface area contributed by atoms with Gasteiger partial charge in [0.05, 0.1) is 11.5 Å². The van der Waals surface area contributed by atoms with Crippen LogP contribution in [0.5, 0.6) is 5.75 Å². The van der Waals surface area contributed by atoms with Gasteiger partial charge in [-0.05, 0) is 30.6 Å². The molecule has 0 atom stereocenters. The van der Waals surface area contributed by atoms with Gasteiger partial charge in [-0.3, -0.25) is 0 Å². The molecule has 2 nitrogen and oxygen atoms in total. The van der Waals surface area contributed by atoms with E-state index in [9.17, 15) is 0 Å². The zero-order chi connectivity index (χ0) is 9.64. The fourth-order valence-corrected chi connectivity index (χ4v) is 2.49. The molecule has 1 aromatic rings. The lowest BCUT2D eigenvalue weighted by molar-refractivity contribution is 0.397. The molecule has 76 valence electrons. The number of rotatable bonds is 0. The molecule has 0 aliphatic carbocycles. The molecule has 0 aromatic heterocycles. The van der Waals surface area contributed by atoms with E-state index in [0.29, 0.717) is 0 Å². The fraction of sp³-hybridized carbons (Fsp3) is 0.400. The Morgan fingerprint density at radius 2 is 2.14 bits per heavy atom. The summed E-state index contributed by atoms with van der Waals surface area (Å²) in [4.78, 5) is 1.26. The summed E-state index contributed by atoms with van der Waals surface area (Å²) in [5.74, 6) is 3.00. The minimum absolute atomic E-state index is 0.777. The molecule has 4 heteroatoms. The van der Waals surface area contributed by atoms with Gasteiger partial charge < -0.3 is 8.92 Å². The minimum atomic E-state index is 0.777. The van der Waals surface area contributed by atoms with Crippen molar-refractivity contribution in [2.75, 3.05) is 18.3 Å². The van der Waals surface area contributed by atoms with Crippen LogP contribution in [0.2, 0.25) is 0 Å². The molecule has 1 saturated heterocycles. The maximum Gasteiger partial charge on any atom is 0.138 e. The topological polar surface area (TPSA) is 18.5 Å². The Hall–Kier alpha value is -0.320. The summed E-state index contributed by atoms with van der Waals surface area (Å²) in [7, 11) is 0. The van der Waals surface area contributed by atoms with E-state index >= 15 is 0 Å². The molecule has 0 unspecified atom stereocenters. The normalized spacial score (nSPS) is 18.0. The quantitative estimate of drug-likeness (QED) is 0.635. The van der Waals surface area contributed by atoms with E-state index in [1.165, 1.54) is 17.1 Å². The second-order valence-electron chi connectivity index (χ2n) is 2.85. The summed E-state index contributed by atoms with van der Waals surface area (Å²) in [6, 6.07) is 8.09. The van der Waals surface area contributed by atoms with Gasteiger partial charge in [-0.15, -0.1) is 0 Å². The smallest absolute Gasteiger partial charge is 0.138 e. The van der Waals surface area contributed by atoms with Gasteiger partial charge in [0.25, 0.3) is 0 Å². The van der Waals surface area contributed by atoms with Crippen molar-refractivity contribution in [1.29, 1.82) is 0 Å². The van der Waals surface area contributed by atoms with Crippen molar-refractivity contribution in [3.05, 3.63) is 24.3 Å². The van der Waals surface area contributed by atoms with Gasteiger partial charge in [-0.25, -0.2) is 0 Å². The van der Waals surface area contributed by atoms with Gasteiger partial charge in [0, 0.05) is 5.75 Å². The molecule has 0 amide bonds. The summed E-state index contributed by atoms with van der Waals surface area (Å²) in [5, 5.41) is 0. The lowest BCUT2D eigenvalue weighted by atomic mass is 10.3. The largest absolute Gasteiger partial charge is 0.481 e. The van der Waals surface area contributed by atoms with E-state index in [2.05, 4.69) is 6.07 Å². The molecular formula is C10H12O2S2. The zero-order valence-corrected chi connectivity index (χ0v) is 9.40. The summed E-state index contributed by atoms with van der Waals surface area (Å²) < 4.78 is 10.1. The molecule has 1 fully saturated rings. The number of thioether (sulfide) groups is 1. The Balaban J connectivity index is 0.000000128. The van der Waals surface area contributed by atoms with Gasteiger partial charge >= 0.3 is 0 Å². The Morgan fingerprint density at radius 3 is 2.79 bits per heavy atom.